The highest BCUT2D eigenvalue weighted by Crippen LogP contribution is 2.39. The van der Waals surface area contributed by atoms with E-state index in [9.17, 15) is 0 Å². The average Bonchev–Trinajstić information content (AvgIpc) is 2.85. The second-order valence-corrected chi connectivity index (χ2v) is 9.36. The molecule has 3 nitrogen and oxygen atoms in total. The normalized spacial score (nSPS) is 15.5. The molecule has 1 atom stereocenters. The van der Waals surface area contributed by atoms with Gasteiger partial charge in [-0.25, -0.2) is 0 Å². The number of rotatable bonds is 7. The van der Waals surface area contributed by atoms with Crippen LogP contribution in [0.25, 0.3) is 11.3 Å². The number of pyridine rings is 1. The van der Waals surface area contributed by atoms with E-state index in [1.165, 1.54) is 52.6 Å². The molecule has 0 saturated heterocycles. The molecular formula is C30H38N2O. The van der Waals surface area contributed by atoms with Crippen LogP contribution in [0.2, 0.25) is 0 Å². The SMILES string of the molecule is CCc1cccc(CC)c1-c1nc(C)c(CN(C)[C@H]2CCCc3ccccc32)c(OC)c1C. The lowest BCUT2D eigenvalue weighted by molar-refractivity contribution is 0.210. The third kappa shape index (κ3) is 4.44. The zero-order valence-corrected chi connectivity index (χ0v) is 21.2. The number of aryl methyl sites for hydroxylation is 4. The van der Waals surface area contributed by atoms with Gasteiger partial charge < -0.3 is 4.74 Å². The Bertz CT molecular complexity index is 1110. The van der Waals surface area contributed by atoms with Crippen molar-refractivity contribution in [2.24, 2.45) is 0 Å². The van der Waals surface area contributed by atoms with Gasteiger partial charge in [0.05, 0.1) is 12.8 Å². The molecule has 0 radical (unpaired) electrons. The van der Waals surface area contributed by atoms with Crippen molar-refractivity contribution in [3.63, 3.8) is 0 Å². The van der Waals surface area contributed by atoms with Crippen LogP contribution >= 0.6 is 0 Å². The predicted molar refractivity (Wildman–Crippen MR) is 138 cm³/mol. The van der Waals surface area contributed by atoms with E-state index < -0.39 is 0 Å². The number of nitrogens with zero attached hydrogens (tertiary/aromatic N) is 2. The second kappa shape index (κ2) is 10.1. The molecule has 0 N–H and O–H groups in total. The molecule has 1 aliphatic rings. The highest BCUT2D eigenvalue weighted by atomic mass is 16.5. The summed E-state index contributed by atoms with van der Waals surface area (Å²) in [7, 11) is 4.05. The standard InChI is InChI=1S/C30H38N2O/c1-7-22-14-11-15-23(8-2)28(22)29-20(3)30(33-6)26(21(4)31-29)19-32(5)27-18-12-16-24-13-9-10-17-25(24)27/h9-11,13-15,17,27H,7-8,12,16,18-19H2,1-6H3/t27-/m0/s1. The Morgan fingerprint density at radius 3 is 2.36 bits per heavy atom. The number of hydrogen-bond acceptors (Lipinski definition) is 3. The van der Waals surface area contributed by atoms with Crippen LogP contribution in [0.3, 0.4) is 0 Å². The summed E-state index contributed by atoms with van der Waals surface area (Å²) < 4.78 is 6.06. The van der Waals surface area contributed by atoms with Gasteiger partial charge in [0, 0.05) is 35.0 Å². The smallest absolute Gasteiger partial charge is 0.130 e. The molecule has 2 aromatic carbocycles. The Labute approximate surface area is 199 Å². The van der Waals surface area contributed by atoms with Gasteiger partial charge in [0.15, 0.2) is 0 Å². The van der Waals surface area contributed by atoms with Crippen molar-refractivity contribution in [2.75, 3.05) is 14.2 Å². The van der Waals surface area contributed by atoms with E-state index in [4.69, 9.17) is 9.72 Å². The number of aromatic nitrogens is 1. The minimum absolute atomic E-state index is 0.437. The van der Waals surface area contributed by atoms with Gasteiger partial charge in [0.2, 0.25) is 0 Å². The van der Waals surface area contributed by atoms with Crippen molar-refractivity contribution in [3.05, 3.63) is 81.5 Å². The Morgan fingerprint density at radius 2 is 1.70 bits per heavy atom. The minimum Gasteiger partial charge on any atom is -0.496 e. The van der Waals surface area contributed by atoms with Crippen molar-refractivity contribution in [1.29, 1.82) is 0 Å². The van der Waals surface area contributed by atoms with Crippen LogP contribution in [0.15, 0.2) is 42.5 Å². The number of hydrogen-bond donors (Lipinski definition) is 0. The van der Waals surface area contributed by atoms with Gasteiger partial charge in [-0.3, -0.25) is 9.88 Å². The van der Waals surface area contributed by atoms with Crippen molar-refractivity contribution in [2.45, 2.75) is 72.4 Å². The van der Waals surface area contributed by atoms with Gasteiger partial charge in [0.1, 0.15) is 5.75 Å². The third-order valence-corrected chi connectivity index (χ3v) is 7.40. The quantitative estimate of drug-likeness (QED) is 0.393. The van der Waals surface area contributed by atoms with E-state index in [-0.39, 0.29) is 0 Å². The maximum Gasteiger partial charge on any atom is 0.130 e. The molecular weight excluding hydrogens is 404 g/mol. The average molecular weight is 443 g/mol. The lowest BCUT2D eigenvalue weighted by Crippen LogP contribution is -2.28. The fraction of sp³-hybridized carbons (Fsp3) is 0.433. The summed E-state index contributed by atoms with van der Waals surface area (Å²) in [5, 5.41) is 0. The van der Waals surface area contributed by atoms with E-state index in [1.54, 1.807) is 7.11 Å². The van der Waals surface area contributed by atoms with Crippen LogP contribution in [0, 0.1) is 13.8 Å². The Kier molecular flexibility index (Phi) is 7.19. The van der Waals surface area contributed by atoms with Crippen LogP contribution in [-0.2, 0) is 25.8 Å². The molecule has 3 aromatic rings. The fourth-order valence-electron chi connectivity index (χ4n) is 5.62. The van der Waals surface area contributed by atoms with Gasteiger partial charge in [-0.2, -0.15) is 0 Å². The van der Waals surface area contributed by atoms with E-state index in [1.807, 2.05) is 0 Å². The monoisotopic (exact) mass is 442 g/mol. The van der Waals surface area contributed by atoms with Crippen molar-refractivity contribution in [1.82, 2.24) is 9.88 Å². The number of fused-ring (bicyclic) bond motifs is 1. The third-order valence-electron chi connectivity index (χ3n) is 7.40. The molecule has 3 heteroatoms. The van der Waals surface area contributed by atoms with Crippen molar-refractivity contribution >= 4 is 0 Å². The summed E-state index contributed by atoms with van der Waals surface area (Å²) in [4.78, 5) is 7.69. The topological polar surface area (TPSA) is 25.4 Å². The van der Waals surface area contributed by atoms with Crippen molar-refractivity contribution in [3.8, 4) is 17.0 Å². The van der Waals surface area contributed by atoms with E-state index in [2.05, 4.69) is 82.1 Å². The predicted octanol–water partition coefficient (Wildman–Crippen LogP) is 7.01. The van der Waals surface area contributed by atoms with Gasteiger partial charge in [-0.1, -0.05) is 56.3 Å². The first-order valence-corrected chi connectivity index (χ1v) is 12.4. The molecule has 4 rings (SSSR count). The van der Waals surface area contributed by atoms with Gasteiger partial charge >= 0.3 is 0 Å². The van der Waals surface area contributed by atoms with Crippen LogP contribution < -0.4 is 4.74 Å². The highest BCUT2D eigenvalue weighted by molar-refractivity contribution is 5.73. The number of methoxy groups -OCH3 is 1. The van der Waals surface area contributed by atoms with Crippen molar-refractivity contribution < 1.29 is 4.74 Å². The largest absolute Gasteiger partial charge is 0.496 e. The highest BCUT2D eigenvalue weighted by Gasteiger charge is 2.26. The fourth-order valence-corrected chi connectivity index (χ4v) is 5.62. The first kappa shape index (κ1) is 23.5. The maximum absolute atomic E-state index is 6.06. The Morgan fingerprint density at radius 1 is 1.00 bits per heavy atom. The molecule has 0 amide bonds. The van der Waals surface area contributed by atoms with Crippen LogP contribution in [0.4, 0.5) is 0 Å². The molecule has 0 bridgehead atoms. The molecule has 0 saturated carbocycles. The molecule has 1 aromatic heterocycles. The number of ether oxygens (including phenoxy) is 1. The van der Waals surface area contributed by atoms with E-state index in [0.717, 1.165) is 42.1 Å². The van der Waals surface area contributed by atoms with Crippen LogP contribution in [-0.4, -0.2) is 24.0 Å². The van der Waals surface area contributed by atoms with Crippen LogP contribution in [0.1, 0.15) is 71.8 Å². The molecule has 0 spiro atoms. The van der Waals surface area contributed by atoms with Gasteiger partial charge in [-0.15, -0.1) is 0 Å². The first-order chi connectivity index (χ1) is 16.0. The molecule has 33 heavy (non-hydrogen) atoms. The molecule has 0 aliphatic heterocycles. The summed E-state index contributed by atoms with van der Waals surface area (Å²) in [6, 6.07) is 16.0. The minimum atomic E-state index is 0.437. The Hall–Kier alpha value is -2.65. The Balaban J connectivity index is 1.75. The van der Waals surface area contributed by atoms with E-state index in [0.29, 0.717) is 6.04 Å². The second-order valence-electron chi connectivity index (χ2n) is 9.36. The molecule has 1 heterocycles. The summed E-state index contributed by atoms with van der Waals surface area (Å²) in [6.07, 6.45) is 5.62. The maximum atomic E-state index is 6.06. The first-order valence-electron chi connectivity index (χ1n) is 12.4. The summed E-state index contributed by atoms with van der Waals surface area (Å²) >= 11 is 0. The van der Waals surface area contributed by atoms with Gasteiger partial charge in [-0.05, 0) is 75.3 Å². The zero-order chi connectivity index (χ0) is 23.5. The van der Waals surface area contributed by atoms with Gasteiger partial charge in [0.25, 0.3) is 0 Å². The molecule has 0 fully saturated rings. The molecule has 0 unspecified atom stereocenters. The molecule has 1 aliphatic carbocycles. The summed E-state index contributed by atoms with van der Waals surface area (Å²) in [5.41, 5.74) is 11.5. The lowest BCUT2D eigenvalue weighted by atomic mass is 9.86. The summed E-state index contributed by atoms with van der Waals surface area (Å²) in [5.74, 6) is 0.987. The lowest BCUT2D eigenvalue weighted by Gasteiger charge is -2.34. The van der Waals surface area contributed by atoms with E-state index >= 15 is 0 Å². The van der Waals surface area contributed by atoms with Crippen LogP contribution in [0.5, 0.6) is 5.75 Å². The number of benzene rings is 2. The summed E-state index contributed by atoms with van der Waals surface area (Å²) in [6.45, 7) is 9.60. The molecule has 174 valence electrons. The zero-order valence-electron chi connectivity index (χ0n) is 21.2.